The van der Waals surface area contributed by atoms with Crippen molar-refractivity contribution in [3.8, 4) is 0 Å². The van der Waals surface area contributed by atoms with Crippen LogP contribution in [0.3, 0.4) is 0 Å². The highest BCUT2D eigenvalue weighted by atomic mass is 32.2. The van der Waals surface area contributed by atoms with Crippen molar-refractivity contribution in [2.75, 3.05) is 39.3 Å². The number of hydrogen-bond donors (Lipinski definition) is 6. The Bertz CT molecular complexity index is 617. The molecule has 2 aliphatic heterocycles. The maximum Gasteiger partial charge on any atom is 0.451 e. The third kappa shape index (κ3) is 4.98. The number of rotatable bonds is 10. The van der Waals surface area contributed by atoms with E-state index in [1.54, 1.807) is 0 Å². The topological polar surface area (TPSA) is 182 Å². The normalized spacial score (nSPS) is 29.5. The Balaban J connectivity index is 2.19. The molecule has 0 spiro atoms. The molecule has 0 saturated carbocycles. The number of nitrogens with one attached hydrogen (secondary N) is 1. The minimum atomic E-state index is -3.92. The number of aliphatic carboxylic acids is 1. The lowest BCUT2D eigenvalue weighted by atomic mass is 9.78. The SMILES string of the molecule is NCCN(C1CCNC1)S(=O)(=O)N1C[C@H](CCCB(O)O)[C@](N)(C(=O)O)C1. The number of nitrogens with two attached hydrogens (primary N) is 2. The summed E-state index contributed by atoms with van der Waals surface area (Å²) in [4.78, 5) is 11.8. The van der Waals surface area contributed by atoms with Crippen molar-refractivity contribution in [2.45, 2.75) is 37.2 Å². The van der Waals surface area contributed by atoms with Gasteiger partial charge in [-0.3, -0.25) is 4.79 Å². The Morgan fingerprint density at radius 3 is 2.63 bits per heavy atom. The molecule has 156 valence electrons. The molecule has 2 saturated heterocycles. The van der Waals surface area contributed by atoms with Crippen molar-refractivity contribution < 1.29 is 28.4 Å². The summed E-state index contributed by atoms with van der Waals surface area (Å²) >= 11 is 0. The fraction of sp³-hybridized carbons (Fsp3) is 0.929. The Morgan fingerprint density at radius 1 is 1.41 bits per heavy atom. The quantitative estimate of drug-likeness (QED) is 0.203. The molecular formula is C14H30BN5O6S. The van der Waals surface area contributed by atoms with Gasteiger partial charge in [-0.15, -0.1) is 0 Å². The maximum absolute atomic E-state index is 13.2. The van der Waals surface area contributed by atoms with Crippen LogP contribution in [-0.2, 0) is 15.0 Å². The summed E-state index contributed by atoms with van der Waals surface area (Å²) in [6, 6.07) is -0.223. The Morgan fingerprint density at radius 2 is 2.11 bits per heavy atom. The van der Waals surface area contributed by atoms with Crippen LogP contribution in [0.15, 0.2) is 0 Å². The highest BCUT2D eigenvalue weighted by molar-refractivity contribution is 7.86. The van der Waals surface area contributed by atoms with Gasteiger partial charge in [0.1, 0.15) is 5.54 Å². The van der Waals surface area contributed by atoms with Gasteiger partial charge in [-0.1, -0.05) is 6.42 Å². The van der Waals surface area contributed by atoms with Crippen molar-refractivity contribution in [1.82, 2.24) is 13.9 Å². The van der Waals surface area contributed by atoms with Gasteiger partial charge >= 0.3 is 13.1 Å². The molecule has 13 heteroatoms. The third-order valence-electron chi connectivity index (χ3n) is 5.42. The summed E-state index contributed by atoms with van der Waals surface area (Å²) < 4.78 is 28.9. The van der Waals surface area contributed by atoms with E-state index in [0.29, 0.717) is 25.9 Å². The van der Waals surface area contributed by atoms with E-state index in [1.807, 2.05) is 0 Å². The van der Waals surface area contributed by atoms with Crippen molar-refractivity contribution in [3.63, 3.8) is 0 Å². The van der Waals surface area contributed by atoms with Gasteiger partial charge in [-0.25, -0.2) is 0 Å². The molecule has 0 aliphatic carbocycles. The first-order valence-corrected chi connectivity index (χ1v) is 10.6. The van der Waals surface area contributed by atoms with Gasteiger partial charge in [-0.05, 0) is 25.7 Å². The van der Waals surface area contributed by atoms with Crippen LogP contribution in [0.2, 0.25) is 6.32 Å². The molecule has 27 heavy (non-hydrogen) atoms. The molecule has 8 N–H and O–H groups in total. The van der Waals surface area contributed by atoms with E-state index in [4.69, 9.17) is 21.5 Å². The molecule has 3 atom stereocenters. The molecular weight excluding hydrogens is 377 g/mol. The zero-order chi connectivity index (χ0) is 20.2. The lowest BCUT2D eigenvalue weighted by molar-refractivity contribution is -0.144. The predicted octanol–water partition coefficient (Wildman–Crippen LogP) is -3.18. The predicted molar refractivity (Wildman–Crippen MR) is 99.8 cm³/mol. The van der Waals surface area contributed by atoms with Gasteiger partial charge in [0.2, 0.25) is 0 Å². The summed E-state index contributed by atoms with van der Waals surface area (Å²) in [6.07, 6.45) is 1.36. The molecule has 0 aromatic carbocycles. The van der Waals surface area contributed by atoms with Gasteiger partial charge in [0.05, 0.1) is 0 Å². The second kappa shape index (κ2) is 9.14. The number of carboxylic acid groups (broad SMARTS) is 1. The first-order chi connectivity index (χ1) is 12.6. The van der Waals surface area contributed by atoms with Crippen molar-refractivity contribution in [1.29, 1.82) is 0 Å². The fourth-order valence-corrected chi connectivity index (χ4v) is 5.79. The molecule has 2 aliphatic rings. The molecule has 2 fully saturated rings. The van der Waals surface area contributed by atoms with Crippen LogP contribution in [0.1, 0.15) is 19.3 Å². The average molecular weight is 407 g/mol. The minimum absolute atomic E-state index is 0.0200. The number of carbonyl (C=O) groups is 1. The van der Waals surface area contributed by atoms with Crippen LogP contribution in [0, 0.1) is 5.92 Å². The van der Waals surface area contributed by atoms with Crippen LogP contribution in [-0.4, -0.2) is 96.1 Å². The molecule has 0 aromatic rings. The van der Waals surface area contributed by atoms with E-state index in [0.717, 1.165) is 4.31 Å². The summed E-state index contributed by atoms with van der Waals surface area (Å²) in [5.41, 5.74) is 9.98. The molecule has 0 radical (unpaired) electrons. The second-order valence-electron chi connectivity index (χ2n) is 7.30. The summed E-state index contributed by atoms with van der Waals surface area (Å²) in [7, 11) is -5.41. The maximum atomic E-state index is 13.2. The van der Waals surface area contributed by atoms with Crippen molar-refractivity contribution in [2.24, 2.45) is 17.4 Å². The van der Waals surface area contributed by atoms with Gasteiger partial charge < -0.3 is 31.9 Å². The van der Waals surface area contributed by atoms with E-state index in [-0.39, 0.29) is 45.0 Å². The Kier molecular flexibility index (Phi) is 7.61. The van der Waals surface area contributed by atoms with Crippen LogP contribution in [0.4, 0.5) is 0 Å². The zero-order valence-electron chi connectivity index (χ0n) is 15.3. The molecule has 0 bridgehead atoms. The Labute approximate surface area is 160 Å². The lowest BCUT2D eigenvalue weighted by Gasteiger charge is -2.31. The fourth-order valence-electron chi connectivity index (χ4n) is 3.85. The molecule has 11 nitrogen and oxygen atoms in total. The van der Waals surface area contributed by atoms with Crippen LogP contribution in [0.5, 0.6) is 0 Å². The smallest absolute Gasteiger partial charge is 0.451 e. The van der Waals surface area contributed by atoms with E-state index in [9.17, 15) is 18.3 Å². The van der Waals surface area contributed by atoms with E-state index < -0.39 is 34.8 Å². The third-order valence-corrected chi connectivity index (χ3v) is 7.42. The molecule has 2 heterocycles. The van der Waals surface area contributed by atoms with E-state index >= 15 is 0 Å². The van der Waals surface area contributed by atoms with E-state index in [2.05, 4.69) is 5.32 Å². The van der Waals surface area contributed by atoms with Gasteiger partial charge in [-0.2, -0.15) is 17.0 Å². The average Bonchev–Trinajstić information content (AvgIpc) is 3.21. The largest absolute Gasteiger partial charge is 0.480 e. The van der Waals surface area contributed by atoms with Crippen molar-refractivity contribution in [3.05, 3.63) is 0 Å². The van der Waals surface area contributed by atoms with Gasteiger partial charge in [0.25, 0.3) is 10.2 Å². The lowest BCUT2D eigenvalue weighted by Crippen LogP contribution is -2.56. The highest BCUT2D eigenvalue weighted by Gasteiger charge is 2.53. The van der Waals surface area contributed by atoms with Crippen LogP contribution < -0.4 is 16.8 Å². The number of carboxylic acids is 1. The Hall–Kier alpha value is -0.795. The van der Waals surface area contributed by atoms with Crippen LogP contribution >= 0.6 is 0 Å². The summed E-state index contributed by atoms with van der Waals surface area (Å²) in [5, 5.41) is 30.7. The van der Waals surface area contributed by atoms with Gasteiger partial charge in [0.15, 0.2) is 0 Å². The molecule has 0 amide bonds. The van der Waals surface area contributed by atoms with Gasteiger partial charge in [0, 0.05) is 44.7 Å². The zero-order valence-corrected chi connectivity index (χ0v) is 16.1. The standard InChI is InChI=1S/C14H30BN5O6S/c16-5-7-20(12-3-6-18-8-12)27(25,26)19-9-11(2-1-4-15(23)24)14(17,10-19)13(21)22/h11-12,18,23-24H,1-10,16-17H2,(H,21,22)/t11-,12?,14-/m0/s1. The summed E-state index contributed by atoms with van der Waals surface area (Å²) in [6.45, 7) is 1.21. The van der Waals surface area contributed by atoms with Crippen LogP contribution in [0.25, 0.3) is 0 Å². The first kappa shape index (κ1) is 22.5. The molecule has 1 unspecified atom stereocenters. The second-order valence-corrected chi connectivity index (χ2v) is 9.18. The van der Waals surface area contributed by atoms with E-state index in [1.165, 1.54) is 4.31 Å². The highest BCUT2D eigenvalue weighted by Crippen LogP contribution is 2.33. The molecule has 0 aromatic heterocycles. The summed E-state index contributed by atoms with van der Waals surface area (Å²) in [5.74, 6) is -1.88. The number of hydrogen-bond acceptors (Lipinski definition) is 8. The monoisotopic (exact) mass is 407 g/mol. The molecule has 2 rings (SSSR count). The minimum Gasteiger partial charge on any atom is -0.480 e. The van der Waals surface area contributed by atoms with Crippen molar-refractivity contribution >= 4 is 23.3 Å². The first-order valence-electron chi connectivity index (χ1n) is 9.19. The number of nitrogens with zero attached hydrogens (tertiary/aromatic N) is 2.